The number of piperidine rings is 1. The summed E-state index contributed by atoms with van der Waals surface area (Å²) in [4.78, 5) is 2.32. The van der Waals surface area contributed by atoms with Crippen LogP contribution in [0.1, 0.15) is 30.4 Å². The summed E-state index contributed by atoms with van der Waals surface area (Å²) in [5.74, 6) is 0.532. The molecule has 1 aromatic carbocycles. The monoisotopic (exact) mass is 275 g/mol. The summed E-state index contributed by atoms with van der Waals surface area (Å²) in [6, 6.07) is 6.57. The third-order valence-corrected chi connectivity index (χ3v) is 4.09. The lowest BCUT2D eigenvalue weighted by atomic mass is 9.93. The normalized spacial score (nSPS) is 17.1. The first-order valence-corrected chi connectivity index (χ1v) is 7.28. The maximum Gasteiger partial charge on any atom is 0.123 e. The molecule has 1 aliphatic heterocycles. The second kappa shape index (κ2) is 7.37. The average molecular weight is 275 g/mol. The van der Waals surface area contributed by atoms with Crippen LogP contribution in [-0.4, -0.2) is 31.6 Å². The van der Waals surface area contributed by atoms with E-state index in [4.69, 9.17) is 5.26 Å². The zero-order valence-corrected chi connectivity index (χ0v) is 12.0. The topological polar surface area (TPSA) is 39.1 Å². The van der Waals surface area contributed by atoms with Gasteiger partial charge in [0.25, 0.3) is 0 Å². The first-order valence-electron chi connectivity index (χ1n) is 7.28. The standard InChI is InChI=1S/C16H22FN3/c1-19-7-4-13-5-8-20(9-6-13)12-15-10-16(17)3-2-14(15)11-18/h2-3,10,13,19H,4-9,12H2,1H3. The van der Waals surface area contributed by atoms with E-state index in [0.717, 1.165) is 31.1 Å². The third kappa shape index (κ3) is 4.03. The Balaban J connectivity index is 1.90. The van der Waals surface area contributed by atoms with Crippen molar-refractivity contribution in [3.63, 3.8) is 0 Å². The van der Waals surface area contributed by atoms with Gasteiger partial charge < -0.3 is 5.32 Å². The first-order chi connectivity index (χ1) is 9.72. The van der Waals surface area contributed by atoms with Crippen LogP contribution in [0.5, 0.6) is 0 Å². The smallest absolute Gasteiger partial charge is 0.123 e. The van der Waals surface area contributed by atoms with Crippen LogP contribution in [-0.2, 0) is 6.54 Å². The Morgan fingerprint density at radius 3 is 2.80 bits per heavy atom. The van der Waals surface area contributed by atoms with Crippen LogP contribution in [0.15, 0.2) is 18.2 Å². The van der Waals surface area contributed by atoms with E-state index >= 15 is 0 Å². The van der Waals surface area contributed by atoms with E-state index < -0.39 is 0 Å². The van der Waals surface area contributed by atoms with Gasteiger partial charge in [0.05, 0.1) is 11.6 Å². The number of nitriles is 1. The number of likely N-dealkylation sites (tertiary alicyclic amines) is 1. The number of nitrogens with one attached hydrogen (secondary N) is 1. The summed E-state index contributed by atoms with van der Waals surface area (Å²) in [6.45, 7) is 3.83. The maximum atomic E-state index is 13.3. The number of benzene rings is 1. The molecule has 2 rings (SSSR count). The minimum absolute atomic E-state index is 0.261. The van der Waals surface area contributed by atoms with E-state index in [1.165, 1.54) is 31.4 Å². The summed E-state index contributed by atoms with van der Waals surface area (Å²) >= 11 is 0. The van der Waals surface area contributed by atoms with Crippen molar-refractivity contribution in [1.82, 2.24) is 10.2 Å². The molecule has 1 aromatic rings. The molecule has 1 aliphatic rings. The lowest BCUT2D eigenvalue weighted by molar-refractivity contribution is 0.172. The molecular formula is C16H22FN3. The highest BCUT2D eigenvalue weighted by Gasteiger charge is 2.19. The molecule has 108 valence electrons. The Hall–Kier alpha value is -1.44. The highest BCUT2D eigenvalue weighted by Crippen LogP contribution is 2.22. The second-order valence-electron chi connectivity index (χ2n) is 5.53. The molecule has 1 fully saturated rings. The van der Waals surface area contributed by atoms with Crippen molar-refractivity contribution >= 4 is 0 Å². The number of halogens is 1. The largest absolute Gasteiger partial charge is 0.320 e. The quantitative estimate of drug-likeness (QED) is 0.897. The van der Waals surface area contributed by atoms with Gasteiger partial charge in [0.1, 0.15) is 5.82 Å². The zero-order valence-electron chi connectivity index (χ0n) is 12.0. The Labute approximate surface area is 120 Å². The molecule has 1 heterocycles. The molecule has 0 spiro atoms. The van der Waals surface area contributed by atoms with Gasteiger partial charge in [-0.25, -0.2) is 4.39 Å². The predicted octanol–water partition coefficient (Wildman–Crippen LogP) is 2.52. The SMILES string of the molecule is CNCCC1CCN(Cc2cc(F)ccc2C#N)CC1. The van der Waals surface area contributed by atoms with Gasteiger partial charge in [-0.1, -0.05) is 0 Å². The molecule has 0 bridgehead atoms. The lowest BCUT2D eigenvalue weighted by Gasteiger charge is -2.32. The second-order valence-corrected chi connectivity index (χ2v) is 5.53. The van der Waals surface area contributed by atoms with Gasteiger partial charge in [0, 0.05) is 6.54 Å². The van der Waals surface area contributed by atoms with Crippen molar-refractivity contribution in [2.45, 2.75) is 25.8 Å². The summed E-state index contributed by atoms with van der Waals surface area (Å²) in [5.41, 5.74) is 1.39. The summed E-state index contributed by atoms with van der Waals surface area (Å²) < 4.78 is 13.3. The molecule has 3 nitrogen and oxygen atoms in total. The molecule has 0 aromatic heterocycles. The summed E-state index contributed by atoms with van der Waals surface area (Å²) in [7, 11) is 1.99. The van der Waals surface area contributed by atoms with Gasteiger partial charge in [-0.3, -0.25) is 4.90 Å². The molecule has 4 heteroatoms. The molecule has 0 saturated carbocycles. The highest BCUT2D eigenvalue weighted by molar-refractivity contribution is 5.37. The van der Waals surface area contributed by atoms with Crippen molar-refractivity contribution < 1.29 is 4.39 Å². The molecule has 1 saturated heterocycles. The zero-order chi connectivity index (χ0) is 14.4. The van der Waals surface area contributed by atoms with Crippen LogP contribution < -0.4 is 5.32 Å². The maximum absolute atomic E-state index is 13.3. The van der Waals surface area contributed by atoms with Crippen LogP contribution in [0.3, 0.4) is 0 Å². The molecule has 0 amide bonds. The van der Waals surface area contributed by atoms with Crippen molar-refractivity contribution in [1.29, 1.82) is 5.26 Å². The first kappa shape index (κ1) is 15.0. The number of hydrogen-bond acceptors (Lipinski definition) is 3. The fourth-order valence-electron chi connectivity index (χ4n) is 2.82. The molecule has 0 aliphatic carbocycles. The van der Waals surface area contributed by atoms with E-state index in [2.05, 4.69) is 16.3 Å². The van der Waals surface area contributed by atoms with Crippen LogP contribution in [0.4, 0.5) is 4.39 Å². The molecule has 20 heavy (non-hydrogen) atoms. The van der Waals surface area contributed by atoms with Crippen LogP contribution in [0, 0.1) is 23.1 Å². The minimum Gasteiger partial charge on any atom is -0.320 e. The van der Waals surface area contributed by atoms with Gasteiger partial charge in [-0.2, -0.15) is 5.26 Å². The highest BCUT2D eigenvalue weighted by atomic mass is 19.1. The molecule has 1 N–H and O–H groups in total. The molecule has 0 radical (unpaired) electrons. The average Bonchev–Trinajstić information content (AvgIpc) is 2.47. The Bertz CT molecular complexity index is 473. The minimum atomic E-state index is -0.261. The Morgan fingerprint density at radius 1 is 1.40 bits per heavy atom. The fourth-order valence-corrected chi connectivity index (χ4v) is 2.82. The number of nitrogens with zero attached hydrogens (tertiary/aromatic N) is 2. The molecule has 0 unspecified atom stereocenters. The number of hydrogen-bond donors (Lipinski definition) is 1. The van der Waals surface area contributed by atoms with Gasteiger partial charge in [0.2, 0.25) is 0 Å². The van der Waals surface area contributed by atoms with Gasteiger partial charge in [-0.05, 0) is 75.6 Å². The van der Waals surface area contributed by atoms with Crippen LogP contribution in [0.2, 0.25) is 0 Å². The number of rotatable bonds is 5. The van der Waals surface area contributed by atoms with E-state index in [1.54, 1.807) is 6.07 Å². The summed E-state index contributed by atoms with van der Waals surface area (Å²) in [6.07, 6.45) is 3.62. The van der Waals surface area contributed by atoms with Gasteiger partial charge >= 0.3 is 0 Å². The van der Waals surface area contributed by atoms with Gasteiger partial charge in [0.15, 0.2) is 0 Å². The van der Waals surface area contributed by atoms with E-state index in [-0.39, 0.29) is 5.82 Å². The Kier molecular flexibility index (Phi) is 5.51. The van der Waals surface area contributed by atoms with Crippen LogP contribution >= 0.6 is 0 Å². The lowest BCUT2D eigenvalue weighted by Crippen LogP contribution is -2.34. The molecule has 0 atom stereocenters. The van der Waals surface area contributed by atoms with E-state index in [0.29, 0.717) is 12.1 Å². The van der Waals surface area contributed by atoms with Crippen LogP contribution in [0.25, 0.3) is 0 Å². The van der Waals surface area contributed by atoms with Crippen molar-refractivity contribution in [3.8, 4) is 6.07 Å². The summed E-state index contributed by atoms with van der Waals surface area (Å²) in [5, 5.41) is 12.3. The molecular weight excluding hydrogens is 253 g/mol. The Morgan fingerprint density at radius 2 is 2.15 bits per heavy atom. The van der Waals surface area contributed by atoms with Crippen molar-refractivity contribution in [3.05, 3.63) is 35.1 Å². The van der Waals surface area contributed by atoms with E-state index in [9.17, 15) is 4.39 Å². The van der Waals surface area contributed by atoms with Crippen molar-refractivity contribution in [2.24, 2.45) is 5.92 Å². The van der Waals surface area contributed by atoms with E-state index in [1.807, 2.05) is 7.05 Å². The predicted molar refractivity (Wildman–Crippen MR) is 77.7 cm³/mol. The van der Waals surface area contributed by atoms with Crippen molar-refractivity contribution in [2.75, 3.05) is 26.7 Å². The van der Waals surface area contributed by atoms with Gasteiger partial charge in [-0.15, -0.1) is 0 Å². The third-order valence-electron chi connectivity index (χ3n) is 4.09. The fraction of sp³-hybridized carbons (Fsp3) is 0.562.